The van der Waals surface area contributed by atoms with Crippen LogP contribution in [0, 0.1) is 23.1 Å². The lowest BCUT2D eigenvalue weighted by Crippen LogP contribution is -2.57. The van der Waals surface area contributed by atoms with E-state index in [2.05, 4.69) is 52.0 Å². The molecule has 0 atom stereocenters. The van der Waals surface area contributed by atoms with Crippen molar-refractivity contribution in [3.8, 4) is 11.5 Å². The van der Waals surface area contributed by atoms with Crippen molar-refractivity contribution in [2.75, 3.05) is 18.4 Å². The quantitative estimate of drug-likeness (QED) is 0.545. The first-order valence-corrected chi connectivity index (χ1v) is 12.5. The van der Waals surface area contributed by atoms with Gasteiger partial charge in [-0.3, -0.25) is 9.78 Å². The first-order valence-electron chi connectivity index (χ1n) is 8.98. The Balaban J connectivity index is 1.84. The molecule has 1 aliphatic heterocycles. The average Bonchev–Trinajstić information content (AvgIpc) is 2.58. The number of halogens is 2. The zero-order chi connectivity index (χ0) is 20.3. The lowest BCUT2D eigenvalue weighted by atomic mass is 10.1. The molecule has 1 fully saturated rings. The lowest BCUT2D eigenvalue weighted by Gasteiger charge is -2.28. The van der Waals surface area contributed by atoms with Gasteiger partial charge in [0, 0.05) is 18.7 Å². The van der Waals surface area contributed by atoms with E-state index in [-0.39, 0.29) is 23.0 Å². The SMILES string of the molecule is C[Si](C)(C)C#Cc1ccc(Nc2cncc(F)c2C(=O)NC2CNC2)c(F)c1. The molecule has 1 aromatic carbocycles. The van der Waals surface area contributed by atoms with Gasteiger partial charge in [0.1, 0.15) is 19.5 Å². The van der Waals surface area contributed by atoms with Crippen molar-refractivity contribution >= 4 is 25.4 Å². The summed E-state index contributed by atoms with van der Waals surface area (Å²) in [5, 5.41) is 8.54. The van der Waals surface area contributed by atoms with Gasteiger partial charge in [-0.1, -0.05) is 25.6 Å². The molecule has 3 N–H and O–H groups in total. The summed E-state index contributed by atoms with van der Waals surface area (Å²) in [7, 11) is -1.57. The standard InChI is InChI=1S/C20H22F2N4OSi/c1-28(2,3)7-6-13-4-5-17(15(21)8-13)26-18-12-24-11-16(22)19(18)20(27)25-14-9-23-10-14/h4-5,8,11-12,14,23,26H,9-10H2,1-3H3,(H,25,27). The minimum Gasteiger partial charge on any atom is -0.351 e. The highest BCUT2D eigenvalue weighted by atomic mass is 28.3. The van der Waals surface area contributed by atoms with Crippen LogP contribution in [0.5, 0.6) is 0 Å². The molecule has 0 aliphatic carbocycles. The summed E-state index contributed by atoms with van der Waals surface area (Å²) in [6.07, 6.45) is 2.26. The Morgan fingerprint density at radius 1 is 1.18 bits per heavy atom. The van der Waals surface area contributed by atoms with Crippen LogP contribution in [0.2, 0.25) is 19.6 Å². The molecule has 1 amide bonds. The Morgan fingerprint density at radius 3 is 2.54 bits per heavy atom. The van der Waals surface area contributed by atoms with Gasteiger partial charge in [0.2, 0.25) is 0 Å². The molecule has 2 aromatic rings. The summed E-state index contributed by atoms with van der Waals surface area (Å²) in [6, 6.07) is 4.48. The maximum atomic E-state index is 14.5. The normalized spacial score (nSPS) is 13.9. The lowest BCUT2D eigenvalue weighted by molar-refractivity contribution is 0.0920. The van der Waals surface area contributed by atoms with Gasteiger partial charge in [-0.2, -0.15) is 0 Å². The number of hydrogen-bond acceptors (Lipinski definition) is 4. The monoisotopic (exact) mass is 400 g/mol. The molecule has 0 radical (unpaired) electrons. The highest BCUT2D eigenvalue weighted by molar-refractivity contribution is 6.83. The summed E-state index contributed by atoms with van der Waals surface area (Å²) in [5.74, 6) is 1.12. The molecular weight excluding hydrogens is 378 g/mol. The Hall–Kier alpha value is -2.76. The van der Waals surface area contributed by atoms with E-state index in [9.17, 15) is 13.6 Å². The van der Waals surface area contributed by atoms with Gasteiger partial charge in [-0.15, -0.1) is 5.54 Å². The number of pyridine rings is 1. The predicted octanol–water partition coefficient (Wildman–Crippen LogP) is 3.03. The van der Waals surface area contributed by atoms with E-state index in [0.717, 1.165) is 6.20 Å². The van der Waals surface area contributed by atoms with Crippen molar-refractivity contribution in [2.24, 2.45) is 0 Å². The second kappa shape index (κ2) is 8.08. The summed E-state index contributed by atoms with van der Waals surface area (Å²) >= 11 is 0. The van der Waals surface area contributed by atoms with Gasteiger partial charge < -0.3 is 16.0 Å². The first kappa shape index (κ1) is 20.0. The van der Waals surface area contributed by atoms with E-state index in [4.69, 9.17) is 0 Å². The van der Waals surface area contributed by atoms with E-state index < -0.39 is 25.6 Å². The Bertz CT molecular complexity index is 959. The zero-order valence-corrected chi connectivity index (χ0v) is 17.0. The van der Waals surface area contributed by atoms with Crippen LogP contribution >= 0.6 is 0 Å². The number of carbonyl (C=O) groups is 1. The molecule has 146 valence electrons. The molecule has 28 heavy (non-hydrogen) atoms. The topological polar surface area (TPSA) is 66.0 Å². The minimum atomic E-state index is -1.57. The highest BCUT2D eigenvalue weighted by Crippen LogP contribution is 2.25. The second-order valence-electron chi connectivity index (χ2n) is 7.69. The smallest absolute Gasteiger partial charge is 0.256 e. The van der Waals surface area contributed by atoms with Crippen LogP contribution in [0.4, 0.5) is 20.2 Å². The zero-order valence-electron chi connectivity index (χ0n) is 16.0. The Kier molecular flexibility index (Phi) is 5.77. The molecule has 0 unspecified atom stereocenters. The molecule has 8 heteroatoms. The maximum Gasteiger partial charge on any atom is 0.256 e. The van der Waals surface area contributed by atoms with Gasteiger partial charge >= 0.3 is 0 Å². The minimum absolute atomic E-state index is 0.0473. The molecule has 0 bridgehead atoms. The summed E-state index contributed by atoms with van der Waals surface area (Å²) in [4.78, 5) is 16.2. The van der Waals surface area contributed by atoms with Crippen LogP contribution in [0.1, 0.15) is 15.9 Å². The van der Waals surface area contributed by atoms with Gasteiger partial charge in [0.05, 0.1) is 29.8 Å². The second-order valence-corrected chi connectivity index (χ2v) is 12.4. The molecule has 1 saturated heterocycles. The van der Waals surface area contributed by atoms with Crippen molar-refractivity contribution < 1.29 is 13.6 Å². The van der Waals surface area contributed by atoms with E-state index in [1.165, 1.54) is 18.3 Å². The summed E-state index contributed by atoms with van der Waals surface area (Å²) in [6.45, 7) is 7.59. The number of benzene rings is 1. The van der Waals surface area contributed by atoms with Crippen LogP contribution in [0.3, 0.4) is 0 Å². The third-order valence-corrected chi connectivity index (χ3v) is 4.94. The van der Waals surface area contributed by atoms with Crippen LogP contribution < -0.4 is 16.0 Å². The largest absolute Gasteiger partial charge is 0.351 e. The van der Waals surface area contributed by atoms with Gasteiger partial charge in [-0.25, -0.2) is 8.78 Å². The molecule has 0 spiro atoms. The molecule has 3 rings (SSSR count). The maximum absolute atomic E-state index is 14.5. The number of nitrogens with one attached hydrogen (secondary N) is 3. The fraction of sp³-hybridized carbons (Fsp3) is 0.300. The predicted molar refractivity (Wildman–Crippen MR) is 108 cm³/mol. The van der Waals surface area contributed by atoms with Crippen molar-refractivity contribution in [1.29, 1.82) is 0 Å². The molecule has 1 aliphatic rings. The van der Waals surface area contributed by atoms with E-state index in [1.807, 2.05) is 0 Å². The van der Waals surface area contributed by atoms with Gasteiger partial charge in [-0.05, 0) is 18.2 Å². The van der Waals surface area contributed by atoms with E-state index in [1.54, 1.807) is 6.07 Å². The average molecular weight is 401 g/mol. The summed E-state index contributed by atoms with van der Waals surface area (Å²) in [5.41, 5.74) is 3.77. The number of hydrogen-bond donors (Lipinski definition) is 3. The summed E-state index contributed by atoms with van der Waals surface area (Å²) < 4.78 is 28.8. The third-order valence-electron chi connectivity index (χ3n) is 4.06. The van der Waals surface area contributed by atoms with E-state index in [0.29, 0.717) is 18.7 Å². The molecule has 0 saturated carbocycles. The molecule has 1 aromatic heterocycles. The van der Waals surface area contributed by atoms with Crippen LogP contribution in [0.15, 0.2) is 30.6 Å². The molecule has 2 heterocycles. The van der Waals surface area contributed by atoms with Crippen molar-refractivity contribution in [2.45, 2.75) is 25.7 Å². The fourth-order valence-corrected chi connectivity index (χ4v) is 3.03. The van der Waals surface area contributed by atoms with Gasteiger partial charge in [0.25, 0.3) is 5.91 Å². The molecular formula is C20H22F2N4OSi. The highest BCUT2D eigenvalue weighted by Gasteiger charge is 2.24. The van der Waals surface area contributed by atoms with Crippen LogP contribution in [0.25, 0.3) is 0 Å². The number of nitrogens with zero attached hydrogens (tertiary/aromatic N) is 1. The van der Waals surface area contributed by atoms with Crippen LogP contribution in [-0.2, 0) is 0 Å². The van der Waals surface area contributed by atoms with E-state index >= 15 is 0 Å². The Labute approximate surface area is 164 Å². The number of anilines is 2. The number of rotatable bonds is 4. The fourth-order valence-electron chi connectivity index (χ4n) is 2.51. The van der Waals surface area contributed by atoms with Crippen LogP contribution in [-0.4, -0.2) is 38.1 Å². The van der Waals surface area contributed by atoms with Crippen molar-refractivity contribution in [3.63, 3.8) is 0 Å². The first-order chi connectivity index (χ1) is 13.2. The van der Waals surface area contributed by atoms with Crippen molar-refractivity contribution in [3.05, 3.63) is 53.4 Å². The third kappa shape index (κ3) is 4.94. The Morgan fingerprint density at radius 2 is 1.93 bits per heavy atom. The number of amides is 1. The van der Waals surface area contributed by atoms with Gasteiger partial charge in [0.15, 0.2) is 5.82 Å². The number of carbonyl (C=O) groups excluding carboxylic acids is 1. The number of aromatic nitrogens is 1. The molecule has 5 nitrogen and oxygen atoms in total. The van der Waals surface area contributed by atoms with Crippen molar-refractivity contribution in [1.82, 2.24) is 15.6 Å².